The molecule has 5 heteroatoms. The molecule has 0 saturated carbocycles. The van der Waals surface area contributed by atoms with Gasteiger partial charge in [-0.15, -0.1) is 0 Å². The molecule has 5 nitrogen and oxygen atoms in total. The number of aliphatic hydroxyl groups excluding tert-OH is 2. The Morgan fingerprint density at radius 2 is 2.30 bits per heavy atom. The third-order valence-corrected chi connectivity index (χ3v) is 3.63. The fourth-order valence-corrected chi connectivity index (χ4v) is 2.61. The van der Waals surface area contributed by atoms with E-state index in [1.54, 1.807) is 12.1 Å². The maximum atomic E-state index is 10.0. The molecule has 112 valence electrons. The van der Waals surface area contributed by atoms with Crippen LogP contribution in [0.4, 0.5) is 5.69 Å². The number of hydrogen-bond donors (Lipinski definition) is 3. The average Bonchev–Trinajstić information content (AvgIpc) is 2.45. The summed E-state index contributed by atoms with van der Waals surface area (Å²) in [5.41, 5.74) is 6.32. The molecule has 0 amide bonds. The molecule has 1 aromatic rings. The molecule has 0 aliphatic carbocycles. The SMILES string of the molecule is Nc1cccc(OCC(O)CN2CCCC(CO)C2)c1. The number of anilines is 1. The summed E-state index contributed by atoms with van der Waals surface area (Å²) in [4.78, 5) is 2.19. The summed E-state index contributed by atoms with van der Waals surface area (Å²) < 4.78 is 5.54. The number of nitrogens with zero attached hydrogens (tertiary/aromatic N) is 1. The number of benzene rings is 1. The van der Waals surface area contributed by atoms with Crippen molar-refractivity contribution in [1.82, 2.24) is 4.90 Å². The largest absolute Gasteiger partial charge is 0.491 e. The van der Waals surface area contributed by atoms with E-state index in [2.05, 4.69) is 4.90 Å². The summed E-state index contributed by atoms with van der Waals surface area (Å²) in [7, 11) is 0. The summed E-state index contributed by atoms with van der Waals surface area (Å²) in [6.07, 6.45) is 1.62. The quantitative estimate of drug-likeness (QED) is 0.669. The van der Waals surface area contributed by atoms with Gasteiger partial charge in [0.25, 0.3) is 0 Å². The van der Waals surface area contributed by atoms with Gasteiger partial charge in [-0.1, -0.05) is 6.07 Å². The van der Waals surface area contributed by atoms with Crippen LogP contribution in [-0.4, -0.2) is 54.1 Å². The van der Waals surface area contributed by atoms with Gasteiger partial charge in [-0.05, 0) is 37.4 Å². The lowest BCUT2D eigenvalue weighted by atomic mass is 9.99. The molecule has 2 atom stereocenters. The Hall–Kier alpha value is -1.30. The number of aliphatic hydroxyl groups is 2. The van der Waals surface area contributed by atoms with Gasteiger partial charge in [-0.2, -0.15) is 0 Å². The molecule has 1 heterocycles. The minimum absolute atomic E-state index is 0.229. The molecular weight excluding hydrogens is 256 g/mol. The number of β-amino-alcohol motifs (C(OH)–C–C–N with tert-alkyl or cyclic N) is 1. The van der Waals surface area contributed by atoms with Gasteiger partial charge in [0, 0.05) is 31.5 Å². The molecule has 0 bridgehead atoms. The molecule has 1 aliphatic heterocycles. The third-order valence-electron chi connectivity index (χ3n) is 3.63. The number of nitrogens with two attached hydrogens (primary N) is 1. The standard InChI is InChI=1S/C15H24N2O3/c16-13-4-1-5-15(7-13)20-11-14(19)9-17-6-2-3-12(8-17)10-18/h1,4-5,7,12,14,18-19H,2-3,6,8-11,16H2. The molecule has 2 unspecified atom stereocenters. The van der Waals surface area contributed by atoms with E-state index in [9.17, 15) is 10.2 Å². The minimum Gasteiger partial charge on any atom is -0.491 e. The van der Waals surface area contributed by atoms with Crippen LogP contribution in [0.1, 0.15) is 12.8 Å². The van der Waals surface area contributed by atoms with Crippen molar-refractivity contribution >= 4 is 5.69 Å². The van der Waals surface area contributed by atoms with Gasteiger partial charge in [0.15, 0.2) is 0 Å². The molecule has 1 aliphatic rings. The molecule has 0 spiro atoms. The third kappa shape index (κ3) is 4.67. The van der Waals surface area contributed by atoms with E-state index in [1.165, 1.54) is 0 Å². The van der Waals surface area contributed by atoms with Crippen molar-refractivity contribution in [2.45, 2.75) is 18.9 Å². The first kappa shape index (κ1) is 15.1. The number of hydrogen-bond acceptors (Lipinski definition) is 5. The van der Waals surface area contributed by atoms with Crippen molar-refractivity contribution in [1.29, 1.82) is 0 Å². The van der Waals surface area contributed by atoms with Gasteiger partial charge < -0.3 is 25.6 Å². The van der Waals surface area contributed by atoms with Crippen molar-refractivity contribution in [2.75, 3.05) is 38.6 Å². The van der Waals surface area contributed by atoms with E-state index in [4.69, 9.17) is 10.5 Å². The van der Waals surface area contributed by atoms with Crippen LogP contribution in [0.3, 0.4) is 0 Å². The normalized spacial score (nSPS) is 21.6. The second-order valence-corrected chi connectivity index (χ2v) is 5.49. The Labute approximate surface area is 120 Å². The van der Waals surface area contributed by atoms with E-state index in [0.29, 0.717) is 23.9 Å². The summed E-state index contributed by atoms with van der Waals surface area (Å²) in [5.74, 6) is 1.02. The Balaban J connectivity index is 1.73. The Morgan fingerprint density at radius 3 is 3.05 bits per heavy atom. The zero-order valence-electron chi connectivity index (χ0n) is 11.7. The van der Waals surface area contributed by atoms with Crippen LogP contribution in [0.15, 0.2) is 24.3 Å². The second-order valence-electron chi connectivity index (χ2n) is 5.49. The number of nitrogen functional groups attached to an aromatic ring is 1. The lowest BCUT2D eigenvalue weighted by Crippen LogP contribution is -2.42. The van der Waals surface area contributed by atoms with Gasteiger partial charge in [0.1, 0.15) is 18.5 Å². The van der Waals surface area contributed by atoms with Crippen LogP contribution >= 0.6 is 0 Å². The molecule has 20 heavy (non-hydrogen) atoms. The first-order valence-corrected chi connectivity index (χ1v) is 7.17. The Kier molecular flexibility index (Phi) is 5.64. The minimum atomic E-state index is -0.533. The van der Waals surface area contributed by atoms with Crippen molar-refractivity contribution < 1.29 is 14.9 Å². The van der Waals surface area contributed by atoms with Crippen molar-refractivity contribution in [3.63, 3.8) is 0 Å². The predicted molar refractivity (Wildman–Crippen MR) is 78.6 cm³/mol. The maximum Gasteiger partial charge on any atom is 0.121 e. The topological polar surface area (TPSA) is 79.0 Å². The highest BCUT2D eigenvalue weighted by molar-refractivity contribution is 5.43. The van der Waals surface area contributed by atoms with Crippen LogP contribution < -0.4 is 10.5 Å². The van der Waals surface area contributed by atoms with Crippen molar-refractivity contribution in [3.8, 4) is 5.75 Å². The van der Waals surface area contributed by atoms with Crippen LogP contribution in [0.5, 0.6) is 5.75 Å². The number of rotatable bonds is 6. The van der Waals surface area contributed by atoms with E-state index in [-0.39, 0.29) is 13.2 Å². The van der Waals surface area contributed by atoms with Gasteiger partial charge in [0.05, 0.1) is 0 Å². The average molecular weight is 280 g/mol. The Morgan fingerprint density at radius 1 is 1.45 bits per heavy atom. The molecule has 1 fully saturated rings. The zero-order valence-corrected chi connectivity index (χ0v) is 11.7. The Bertz CT molecular complexity index is 414. The zero-order chi connectivity index (χ0) is 14.4. The maximum absolute atomic E-state index is 10.0. The molecule has 0 radical (unpaired) electrons. The fourth-order valence-electron chi connectivity index (χ4n) is 2.61. The van der Waals surface area contributed by atoms with Crippen LogP contribution in [0, 0.1) is 5.92 Å². The molecule has 4 N–H and O–H groups in total. The van der Waals surface area contributed by atoms with E-state index in [1.807, 2.05) is 12.1 Å². The van der Waals surface area contributed by atoms with Crippen molar-refractivity contribution in [2.24, 2.45) is 5.92 Å². The van der Waals surface area contributed by atoms with E-state index < -0.39 is 6.10 Å². The number of ether oxygens (including phenoxy) is 1. The number of piperidine rings is 1. The first-order valence-electron chi connectivity index (χ1n) is 7.17. The van der Waals surface area contributed by atoms with Crippen molar-refractivity contribution in [3.05, 3.63) is 24.3 Å². The molecule has 1 saturated heterocycles. The highest BCUT2D eigenvalue weighted by Crippen LogP contribution is 2.17. The summed E-state index contributed by atoms with van der Waals surface area (Å²) >= 11 is 0. The highest BCUT2D eigenvalue weighted by atomic mass is 16.5. The summed E-state index contributed by atoms with van der Waals surface area (Å²) in [5, 5.41) is 19.2. The monoisotopic (exact) mass is 280 g/mol. The van der Waals surface area contributed by atoms with Crippen LogP contribution in [-0.2, 0) is 0 Å². The summed E-state index contributed by atoms with van der Waals surface area (Å²) in [6, 6.07) is 7.20. The van der Waals surface area contributed by atoms with E-state index >= 15 is 0 Å². The highest BCUT2D eigenvalue weighted by Gasteiger charge is 2.21. The lowest BCUT2D eigenvalue weighted by molar-refractivity contribution is 0.0431. The van der Waals surface area contributed by atoms with Gasteiger partial charge >= 0.3 is 0 Å². The smallest absolute Gasteiger partial charge is 0.121 e. The second kappa shape index (κ2) is 7.47. The van der Waals surface area contributed by atoms with Gasteiger partial charge in [-0.25, -0.2) is 0 Å². The van der Waals surface area contributed by atoms with Crippen LogP contribution in [0.2, 0.25) is 0 Å². The predicted octanol–water partition coefficient (Wildman–Crippen LogP) is 0.713. The van der Waals surface area contributed by atoms with E-state index in [0.717, 1.165) is 25.9 Å². The first-order chi connectivity index (χ1) is 9.67. The van der Waals surface area contributed by atoms with Gasteiger partial charge in [-0.3, -0.25) is 0 Å². The molecule has 2 rings (SSSR count). The van der Waals surface area contributed by atoms with Crippen LogP contribution in [0.25, 0.3) is 0 Å². The fraction of sp³-hybridized carbons (Fsp3) is 0.600. The molecule has 1 aromatic carbocycles. The van der Waals surface area contributed by atoms with Gasteiger partial charge in [0.2, 0.25) is 0 Å². The number of likely N-dealkylation sites (tertiary alicyclic amines) is 1. The molecular formula is C15H24N2O3. The molecule has 0 aromatic heterocycles. The summed E-state index contributed by atoms with van der Waals surface area (Å²) in [6.45, 7) is 2.90. The lowest BCUT2D eigenvalue weighted by Gasteiger charge is -2.33.